The number of hydrogen-bond donors (Lipinski definition) is 1. The smallest absolute Gasteiger partial charge is 0.350 e. The lowest BCUT2D eigenvalue weighted by molar-refractivity contribution is 0.0607. The Labute approximate surface area is 124 Å². The van der Waals surface area contributed by atoms with Crippen molar-refractivity contribution in [1.82, 2.24) is 0 Å². The van der Waals surface area contributed by atoms with Crippen LogP contribution in [0, 0.1) is 13.8 Å². The molecule has 100 valence electrons. The van der Waals surface area contributed by atoms with Gasteiger partial charge in [0.1, 0.15) is 4.88 Å². The van der Waals surface area contributed by atoms with Crippen LogP contribution in [0.3, 0.4) is 0 Å². The van der Waals surface area contributed by atoms with Gasteiger partial charge in [0.25, 0.3) is 0 Å². The van der Waals surface area contributed by atoms with Gasteiger partial charge in [0.05, 0.1) is 12.8 Å². The fourth-order valence-corrected chi connectivity index (χ4v) is 3.62. The Hall–Kier alpha value is -1.33. The van der Waals surface area contributed by atoms with E-state index in [1.165, 1.54) is 18.4 Å². The highest BCUT2D eigenvalue weighted by Crippen LogP contribution is 2.42. The van der Waals surface area contributed by atoms with Gasteiger partial charge in [-0.25, -0.2) is 4.79 Å². The molecule has 2 aromatic rings. The second-order valence-electron chi connectivity index (χ2n) is 4.23. The Bertz CT molecular complexity index is 649. The van der Waals surface area contributed by atoms with Gasteiger partial charge in [-0.05, 0) is 40.9 Å². The SMILES string of the molecule is COC(=O)c1sc(-c2cccc(C)c2Br)c(C)c1N. The number of thiophene rings is 1. The minimum absolute atomic E-state index is 0.388. The van der Waals surface area contributed by atoms with E-state index in [0.29, 0.717) is 10.6 Å². The summed E-state index contributed by atoms with van der Waals surface area (Å²) < 4.78 is 5.78. The van der Waals surface area contributed by atoms with E-state index < -0.39 is 0 Å². The number of carbonyl (C=O) groups is 1. The van der Waals surface area contributed by atoms with Gasteiger partial charge in [-0.3, -0.25) is 0 Å². The summed E-state index contributed by atoms with van der Waals surface area (Å²) in [4.78, 5) is 13.1. The maximum absolute atomic E-state index is 11.7. The predicted octanol–water partition coefficient (Wildman–Crippen LogP) is 4.16. The molecule has 0 aliphatic carbocycles. The van der Waals surface area contributed by atoms with E-state index >= 15 is 0 Å². The molecular formula is C14H14BrNO2S. The molecule has 0 bridgehead atoms. The predicted molar refractivity (Wildman–Crippen MR) is 82.7 cm³/mol. The molecule has 0 saturated carbocycles. The van der Waals surface area contributed by atoms with E-state index in [-0.39, 0.29) is 5.97 Å². The highest BCUT2D eigenvalue weighted by Gasteiger charge is 2.21. The van der Waals surface area contributed by atoms with Gasteiger partial charge in [0.2, 0.25) is 0 Å². The number of nitrogens with two attached hydrogens (primary N) is 1. The van der Waals surface area contributed by atoms with Crippen LogP contribution < -0.4 is 5.73 Å². The number of anilines is 1. The van der Waals surface area contributed by atoms with E-state index in [1.807, 2.05) is 32.0 Å². The van der Waals surface area contributed by atoms with E-state index in [0.717, 1.165) is 26.0 Å². The van der Waals surface area contributed by atoms with Crippen molar-refractivity contribution >= 4 is 38.9 Å². The molecule has 1 aromatic carbocycles. The van der Waals surface area contributed by atoms with Crippen LogP contribution in [0.15, 0.2) is 22.7 Å². The summed E-state index contributed by atoms with van der Waals surface area (Å²) in [7, 11) is 1.36. The highest BCUT2D eigenvalue weighted by molar-refractivity contribution is 9.10. The zero-order valence-corrected chi connectivity index (χ0v) is 13.3. The fourth-order valence-electron chi connectivity index (χ4n) is 1.85. The zero-order valence-electron chi connectivity index (χ0n) is 10.9. The molecule has 0 atom stereocenters. The molecule has 5 heteroatoms. The molecule has 0 saturated heterocycles. The summed E-state index contributed by atoms with van der Waals surface area (Å²) in [5, 5.41) is 0. The first-order valence-corrected chi connectivity index (χ1v) is 7.31. The molecule has 1 aromatic heterocycles. The second kappa shape index (κ2) is 5.35. The van der Waals surface area contributed by atoms with E-state index in [2.05, 4.69) is 15.9 Å². The Kier molecular flexibility index (Phi) is 3.96. The van der Waals surface area contributed by atoms with Crippen LogP contribution >= 0.6 is 27.3 Å². The molecular weight excluding hydrogens is 326 g/mol. The topological polar surface area (TPSA) is 52.3 Å². The molecule has 0 aliphatic heterocycles. The summed E-state index contributed by atoms with van der Waals surface area (Å²) in [6.45, 7) is 3.95. The number of esters is 1. The molecule has 1 heterocycles. The molecule has 0 spiro atoms. The summed E-state index contributed by atoms with van der Waals surface area (Å²) in [6.07, 6.45) is 0. The standard InChI is InChI=1S/C14H14BrNO2S/c1-7-5-4-6-9(10(7)15)12-8(2)11(16)13(19-12)14(17)18-3/h4-6H,16H2,1-3H3. The number of halogens is 1. The number of methoxy groups -OCH3 is 1. The average molecular weight is 340 g/mol. The van der Waals surface area contributed by atoms with Crippen LogP contribution in [0.25, 0.3) is 10.4 Å². The highest BCUT2D eigenvalue weighted by atomic mass is 79.9. The third-order valence-electron chi connectivity index (χ3n) is 3.00. The number of carbonyl (C=O) groups excluding carboxylic acids is 1. The lowest BCUT2D eigenvalue weighted by atomic mass is 10.1. The lowest BCUT2D eigenvalue weighted by Gasteiger charge is -2.06. The van der Waals surface area contributed by atoms with Crippen molar-refractivity contribution < 1.29 is 9.53 Å². The number of aryl methyl sites for hydroxylation is 1. The van der Waals surface area contributed by atoms with Crippen molar-refractivity contribution in [3.05, 3.63) is 38.7 Å². The van der Waals surface area contributed by atoms with Gasteiger partial charge in [-0.15, -0.1) is 11.3 Å². The van der Waals surface area contributed by atoms with Crippen LogP contribution in [0.1, 0.15) is 20.8 Å². The van der Waals surface area contributed by atoms with Crippen molar-refractivity contribution in [2.75, 3.05) is 12.8 Å². The molecule has 2 N–H and O–H groups in total. The summed E-state index contributed by atoms with van der Waals surface area (Å²) in [5.41, 5.74) is 9.60. The van der Waals surface area contributed by atoms with Crippen LogP contribution in [0.4, 0.5) is 5.69 Å². The van der Waals surface area contributed by atoms with Gasteiger partial charge in [0.15, 0.2) is 0 Å². The van der Waals surface area contributed by atoms with Crippen LogP contribution in [0.5, 0.6) is 0 Å². The number of rotatable bonds is 2. The first-order valence-electron chi connectivity index (χ1n) is 5.70. The molecule has 19 heavy (non-hydrogen) atoms. The van der Waals surface area contributed by atoms with Crippen molar-refractivity contribution in [1.29, 1.82) is 0 Å². The van der Waals surface area contributed by atoms with Crippen molar-refractivity contribution in [3.63, 3.8) is 0 Å². The zero-order chi connectivity index (χ0) is 14.2. The molecule has 0 aliphatic rings. The van der Waals surface area contributed by atoms with Crippen LogP contribution in [-0.2, 0) is 4.74 Å². The molecule has 2 rings (SSSR count). The number of hydrogen-bond acceptors (Lipinski definition) is 4. The van der Waals surface area contributed by atoms with Crippen molar-refractivity contribution in [2.45, 2.75) is 13.8 Å². The normalized spacial score (nSPS) is 10.5. The largest absolute Gasteiger partial charge is 0.465 e. The molecule has 0 unspecified atom stereocenters. The quantitative estimate of drug-likeness (QED) is 0.835. The third kappa shape index (κ3) is 2.40. The summed E-state index contributed by atoms with van der Waals surface area (Å²) >= 11 is 4.95. The maximum Gasteiger partial charge on any atom is 0.350 e. The monoisotopic (exact) mass is 339 g/mol. The van der Waals surface area contributed by atoms with Gasteiger partial charge >= 0.3 is 5.97 Å². The average Bonchev–Trinajstić information content (AvgIpc) is 2.69. The Morgan fingerprint density at radius 1 is 1.37 bits per heavy atom. The van der Waals surface area contributed by atoms with Gasteiger partial charge < -0.3 is 10.5 Å². The molecule has 0 fully saturated rings. The first kappa shape index (κ1) is 14.1. The minimum atomic E-state index is -0.388. The Morgan fingerprint density at radius 2 is 2.05 bits per heavy atom. The van der Waals surface area contributed by atoms with Gasteiger partial charge in [-0.1, -0.05) is 18.2 Å². The number of benzene rings is 1. The number of nitrogen functional groups attached to an aromatic ring is 1. The summed E-state index contributed by atoms with van der Waals surface area (Å²) in [5.74, 6) is -0.388. The minimum Gasteiger partial charge on any atom is -0.465 e. The van der Waals surface area contributed by atoms with Crippen LogP contribution in [0.2, 0.25) is 0 Å². The van der Waals surface area contributed by atoms with Crippen molar-refractivity contribution in [3.8, 4) is 10.4 Å². The molecule has 0 radical (unpaired) electrons. The molecule has 3 nitrogen and oxygen atoms in total. The van der Waals surface area contributed by atoms with E-state index in [1.54, 1.807) is 0 Å². The summed E-state index contributed by atoms with van der Waals surface area (Å²) in [6, 6.07) is 6.03. The molecule has 0 amide bonds. The Morgan fingerprint density at radius 3 is 2.68 bits per heavy atom. The van der Waals surface area contributed by atoms with E-state index in [9.17, 15) is 4.79 Å². The second-order valence-corrected chi connectivity index (χ2v) is 6.04. The Balaban J connectivity index is 2.64. The third-order valence-corrected chi connectivity index (χ3v) is 5.37. The van der Waals surface area contributed by atoms with Crippen molar-refractivity contribution in [2.24, 2.45) is 0 Å². The lowest BCUT2D eigenvalue weighted by Crippen LogP contribution is -2.01. The van der Waals surface area contributed by atoms with Crippen LogP contribution in [-0.4, -0.2) is 13.1 Å². The van der Waals surface area contributed by atoms with Gasteiger partial charge in [0, 0.05) is 14.9 Å². The van der Waals surface area contributed by atoms with Gasteiger partial charge in [-0.2, -0.15) is 0 Å². The first-order chi connectivity index (χ1) is 8.97. The van der Waals surface area contributed by atoms with E-state index in [4.69, 9.17) is 10.5 Å². The fraction of sp³-hybridized carbons (Fsp3) is 0.214. The maximum atomic E-state index is 11.7. The number of ether oxygens (including phenoxy) is 1.